The van der Waals surface area contributed by atoms with Gasteiger partial charge in [-0.2, -0.15) is 0 Å². The molecule has 1 N–H and O–H groups in total. The number of esters is 7. The van der Waals surface area contributed by atoms with E-state index in [2.05, 4.69) is 0 Å². The number of aliphatic hydroxyl groups is 1. The van der Waals surface area contributed by atoms with E-state index in [0.29, 0.717) is 0 Å². The molecular formula is C26H36O18. The van der Waals surface area contributed by atoms with Crippen LogP contribution in [0, 0.1) is 0 Å². The van der Waals surface area contributed by atoms with Crippen LogP contribution in [0.5, 0.6) is 0 Å². The lowest BCUT2D eigenvalue weighted by molar-refractivity contribution is -0.363. The summed E-state index contributed by atoms with van der Waals surface area (Å²) in [5, 5.41) is 11.0. The SMILES string of the molecule is CC(=O)OC[C@@H]1OC(O)[C@@H](O[C@H]2O[C@H](COC(C)=O)[C@@H](OC(C)=O)[C@H](OC(C)=O)[C@@H]2OC(C)=O)[C@@H](OC(C)=O)[C@@H]1OC(C)=O. The smallest absolute Gasteiger partial charge is 0.303 e. The van der Waals surface area contributed by atoms with Gasteiger partial charge in [-0.1, -0.05) is 0 Å². The van der Waals surface area contributed by atoms with E-state index in [1.54, 1.807) is 0 Å². The van der Waals surface area contributed by atoms with Crippen molar-refractivity contribution in [2.45, 2.75) is 110 Å². The molecule has 0 spiro atoms. The van der Waals surface area contributed by atoms with Crippen LogP contribution in [0.15, 0.2) is 0 Å². The minimum atomic E-state index is -1.99. The summed E-state index contributed by atoms with van der Waals surface area (Å²) in [5.74, 6) is -5.97. The van der Waals surface area contributed by atoms with Gasteiger partial charge >= 0.3 is 41.8 Å². The van der Waals surface area contributed by atoms with Crippen molar-refractivity contribution in [3.05, 3.63) is 0 Å². The van der Waals surface area contributed by atoms with Crippen molar-refractivity contribution >= 4 is 41.8 Å². The summed E-state index contributed by atoms with van der Waals surface area (Å²) in [5.41, 5.74) is 0. The second kappa shape index (κ2) is 16.3. The molecule has 44 heavy (non-hydrogen) atoms. The van der Waals surface area contributed by atoms with E-state index >= 15 is 0 Å². The maximum atomic E-state index is 12.1. The second-order valence-corrected chi connectivity index (χ2v) is 9.68. The molecule has 248 valence electrons. The lowest BCUT2D eigenvalue weighted by Gasteiger charge is -2.47. The summed E-state index contributed by atoms with van der Waals surface area (Å²) in [4.78, 5) is 83.3. The maximum Gasteiger partial charge on any atom is 0.303 e. The fourth-order valence-electron chi connectivity index (χ4n) is 4.49. The highest BCUT2D eigenvalue weighted by molar-refractivity contribution is 5.69. The van der Waals surface area contributed by atoms with Gasteiger partial charge in [0.15, 0.2) is 49.2 Å². The second-order valence-electron chi connectivity index (χ2n) is 9.68. The van der Waals surface area contributed by atoms with Crippen LogP contribution in [0.3, 0.4) is 0 Å². The van der Waals surface area contributed by atoms with Gasteiger partial charge in [0, 0.05) is 48.5 Å². The van der Waals surface area contributed by atoms with Crippen LogP contribution in [0.25, 0.3) is 0 Å². The Morgan fingerprint density at radius 1 is 0.477 bits per heavy atom. The van der Waals surface area contributed by atoms with E-state index in [9.17, 15) is 38.7 Å². The lowest BCUT2D eigenvalue weighted by Crippen LogP contribution is -2.67. The highest BCUT2D eigenvalue weighted by Gasteiger charge is 2.57. The van der Waals surface area contributed by atoms with Gasteiger partial charge in [-0.25, -0.2) is 0 Å². The van der Waals surface area contributed by atoms with Crippen LogP contribution in [0.2, 0.25) is 0 Å². The molecule has 0 saturated carbocycles. The highest BCUT2D eigenvalue weighted by atomic mass is 16.8. The zero-order valence-corrected chi connectivity index (χ0v) is 25.1. The van der Waals surface area contributed by atoms with Crippen molar-refractivity contribution in [3.8, 4) is 0 Å². The van der Waals surface area contributed by atoms with E-state index in [0.717, 1.165) is 48.5 Å². The minimum absolute atomic E-state index is 0.534. The molecule has 2 fully saturated rings. The van der Waals surface area contributed by atoms with Crippen molar-refractivity contribution in [1.29, 1.82) is 0 Å². The summed E-state index contributed by atoms with van der Waals surface area (Å²) in [6.07, 6.45) is -16.3. The van der Waals surface area contributed by atoms with Crippen molar-refractivity contribution in [2.24, 2.45) is 0 Å². The van der Waals surface area contributed by atoms with Crippen LogP contribution >= 0.6 is 0 Å². The molecule has 10 atom stereocenters. The number of carbonyl (C=O) groups excluding carboxylic acids is 7. The number of hydrogen-bond acceptors (Lipinski definition) is 18. The van der Waals surface area contributed by atoms with E-state index in [1.165, 1.54) is 0 Å². The lowest BCUT2D eigenvalue weighted by atomic mass is 9.96. The Morgan fingerprint density at radius 2 is 0.818 bits per heavy atom. The molecular weight excluding hydrogens is 600 g/mol. The van der Waals surface area contributed by atoms with Gasteiger partial charge in [0.1, 0.15) is 25.4 Å². The molecule has 0 radical (unpaired) electrons. The largest absolute Gasteiger partial charge is 0.463 e. The fourth-order valence-corrected chi connectivity index (χ4v) is 4.49. The normalized spacial score (nSPS) is 31.5. The molecule has 2 heterocycles. The molecule has 0 aliphatic carbocycles. The van der Waals surface area contributed by atoms with Crippen LogP contribution in [0.4, 0.5) is 0 Å². The summed E-state index contributed by atoms with van der Waals surface area (Å²) in [6, 6.07) is 0. The van der Waals surface area contributed by atoms with Gasteiger partial charge in [0.25, 0.3) is 0 Å². The van der Waals surface area contributed by atoms with E-state index in [-0.39, 0.29) is 0 Å². The highest BCUT2D eigenvalue weighted by Crippen LogP contribution is 2.34. The van der Waals surface area contributed by atoms with Crippen molar-refractivity contribution < 1.29 is 86.0 Å². The molecule has 0 bridgehead atoms. The first-order chi connectivity index (χ1) is 20.5. The zero-order valence-electron chi connectivity index (χ0n) is 25.1. The Bertz CT molecular complexity index is 1090. The molecule has 2 aliphatic heterocycles. The van der Waals surface area contributed by atoms with Crippen LogP contribution < -0.4 is 0 Å². The van der Waals surface area contributed by atoms with Crippen molar-refractivity contribution in [1.82, 2.24) is 0 Å². The van der Waals surface area contributed by atoms with E-state index < -0.39 is 116 Å². The zero-order chi connectivity index (χ0) is 33.3. The molecule has 1 unspecified atom stereocenters. The molecule has 0 aromatic rings. The first-order valence-corrected chi connectivity index (χ1v) is 13.3. The van der Waals surface area contributed by atoms with Gasteiger partial charge in [-0.15, -0.1) is 0 Å². The van der Waals surface area contributed by atoms with Gasteiger partial charge < -0.3 is 52.5 Å². The Hall–Kier alpha value is -3.87. The molecule has 2 rings (SSSR count). The van der Waals surface area contributed by atoms with Gasteiger partial charge in [0.2, 0.25) is 0 Å². The van der Waals surface area contributed by atoms with Gasteiger partial charge in [0.05, 0.1) is 0 Å². The van der Waals surface area contributed by atoms with Gasteiger partial charge in [-0.3, -0.25) is 33.6 Å². The molecule has 0 aromatic carbocycles. The first kappa shape index (κ1) is 36.3. The summed E-state index contributed by atoms with van der Waals surface area (Å²) >= 11 is 0. The van der Waals surface area contributed by atoms with Crippen molar-refractivity contribution in [2.75, 3.05) is 13.2 Å². The Balaban J connectivity index is 2.59. The monoisotopic (exact) mass is 636 g/mol. The topological polar surface area (TPSA) is 232 Å². The standard InChI is InChI=1S/C26H36O18/c1-10(27)35-8-17-19(37-12(3)29)21(39-14(5)31)23(25(34)42-17)44-26-24(41-16(7)33)22(40-15(6)32)20(38-13(4)30)18(43-26)9-36-11(2)28/h17-26,34H,8-9H2,1-7H3/t17-,18+,19+,20+,21-,22-,23-,24-,25?,26+/m0/s1. The number of ether oxygens (including phenoxy) is 10. The fraction of sp³-hybridized carbons (Fsp3) is 0.731. The third-order valence-corrected chi connectivity index (χ3v) is 5.90. The third-order valence-electron chi connectivity index (χ3n) is 5.90. The molecule has 18 nitrogen and oxygen atoms in total. The maximum absolute atomic E-state index is 12.1. The molecule has 2 saturated heterocycles. The van der Waals surface area contributed by atoms with Crippen LogP contribution in [0.1, 0.15) is 48.5 Å². The number of rotatable bonds is 11. The molecule has 0 aromatic heterocycles. The average Bonchev–Trinajstić information content (AvgIpc) is 2.87. The van der Waals surface area contributed by atoms with E-state index in [4.69, 9.17) is 47.4 Å². The number of hydrogen-bond donors (Lipinski definition) is 1. The summed E-state index contributed by atoms with van der Waals surface area (Å²) in [6.45, 7) is 6.19. The van der Waals surface area contributed by atoms with E-state index in [1.807, 2.05) is 0 Å². The molecule has 2 aliphatic rings. The minimum Gasteiger partial charge on any atom is -0.463 e. The number of carbonyl (C=O) groups is 7. The average molecular weight is 637 g/mol. The molecule has 18 heteroatoms. The predicted octanol–water partition coefficient (Wildman–Crippen LogP) is -1.40. The van der Waals surface area contributed by atoms with Crippen LogP contribution in [-0.2, 0) is 80.9 Å². The third kappa shape index (κ3) is 10.7. The predicted molar refractivity (Wildman–Crippen MR) is 135 cm³/mol. The Labute approximate surface area is 251 Å². The van der Waals surface area contributed by atoms with Crippen molar-refractivity contribution in [3.63, 3.8) is 0 Å². The summed E-state index contributed by atoms with van der Waals surface area (Å²) in [7, 11) is 0. The number of aliphatic hydroxyl groups excluding tert-OH is 1. The Kier molecular flexibility index (Phi) is 13.4. The van der Waals surface area contributed by atoms with Gasteiger partial charge in [-0.05, 0) is 0 Å². The molecule has 0 amide bonds. The summed E-state index contributed by atoms with van der Waals surface area (Å²) < 4.78 is 53.9. The first-order valence-electron chi connectivity index (χ1n) is 13.3. The quantitative estimate of drug-likeness (QED) is 0.203. The Morgan fingerprint density at radius 3 is 1.20 bits per heavy atom. The van der Waals surface area contributed by atoms with Crippen LogP contribution in [-0.4, -0.2) is 122 Å².